The zero-order valence-corrected chi connectivity index (χ0v) is 17.8. The van der Waals surface area contributed by atoms with Crippen LogP contribution in [0.5, 0.6) is 5.75 Å². The molecule has 1 aliphatic rings. The van der Waals surface area contributed by atoms with Crippen LogP contribution in [0.4, 0.5) is 16.2 Å². The molecule has 0 spiro atoms. The maximum absolute atomic E-state index is 12.5. The summed E-state index contributed by atoms with van der Waals surface area (Å²) in [5, 5.41) is 5.82. The summed E-state index contributed by atoms with van der Waals surface area (Å²) in [6.45, 7) is 5.25. The second-order valence-electron chi connectivity index (χ2n) is 7.00. The van der Waals surface area contributed by atoms with Gasteiger partial charge in [0, 0.05) is 36.9 Å². The highest BCUT2D eigenvalue weighted by Crippen LogP contribution is 2.28. The average Bonchev–Trinajstić information content (AvgIpc) is 2.77. The number of urea groups is 1. The lowest BCUT2D eigenvalue weighted by Gasteiger charge is -2.36. The monoisotopic (exact) mass is 430 g/mol. The van der Waals surface area contributed by atoms with Gasteiger partial charge in [0.2, 0.25) is 5.91 Å². The molecule has 0 bridgehead atoms. The summed E-state index contributed by atoms with van der Waals surface area (Å²) in [4.78, 5) is 28.8. The van der Waals surface area contributed by atoms with Crippen LogP contribution in [0.2, 0.25) is 5.02 Å². The van der Waals surface area contributed by atoms with Crippen LogP contribution >= 0.6 is 11.6 Å². The fraction of sp³-hybridized carbons (Fsp3) is 0.364. The van der Waals surface area contributed by atoms with E-state index in [-0.39, 0.29) is 12.5 Å². The molecular weight excluding hydrogens is 404 g/mol. The van der Waals surface area contributed by atoms with E-state index in [9.17, 15) is 9.59 Å². The average molecular weight is 431 g/mol. The van der Waals surface area contributed by atoms with Crippen LogP contribution in [0.15, 0.2) is 48.5 Å². The number of carbonyl (C=O) groups excluding carboxylic acids is 2. The van der Waals surface area contributed by atoms with Crippen molar-refractivity contribution in [3.63, 3.8) is 0 Å². The summed E-state index contributed by atoms with van der Waals surface area (Å²) in [6.07, 6.45) is 0.848. The molecule has 1 fully saturated rings. The Labute approximate surface area is 181 Å². The molecule has 2 aromatic carbocycles. The molecule has 30 heavy (non-hydrogen) atoms. The van der Waals surface area contributed by atoms with E-state index in [0.29, 0.717) is 36.2 Å². The predicted molar refractivity (Wildman–Crippen MR) is 119 cm³/mol. The topological polar surface area (TPSA) is 73.9 Å². The Balaban J connectivity index is 1.46. The number of anilines is 2. The Kier molecular flexibility index (Phi) is 7.79. The Hall–Kier alpha value is -2.93. The molecule has 1 aliphatic heterocycles. The van der Waals surface area contributed by atoms with E-state index in [1.165, 1.54) is 0 Å². The van der Waals surface area contributed by atoms with Crippen LogP contribution in [-0.2, 0) is 4.79 Å². The Bertz CT molecular complexity index is 855. The van der Waals surface area contributed by atoms with Crippen molar-refractivity contribution in [3.05, 3.63) is 53.6 Å². The van der Waals surface area contributed by atoms with E-state index in [1.54, 1.807) is 23.1 Å². The van der Waals surface area contributed by atoms with Crippen molar-refractivity contribution in [2.45, 2.75) is 13.3 Å². The number of amides is 3. The molecule has 0 aromatic heterocycles. The Morgan fingerprint density at radius 2 is 1.80 bits per heavy atom. The zero-order valence-electron chi connectivity index (χ0n) is 17.1. The molecule has 0 radical (unpaired) electrons. The van der Waals surface area contributed by atoms with E-state index in [0.717, 1.165) is 25.2 Å². The SMILES string of the molecule is CCCOc1ccc(Cl)cc1NC(=O)NCC(=O)N1CCN(c2ccccc2)CC1. The highest BCUT2D eigenvalue weighted by atomic mass is 35.5. The third-order valence-electron chi connectivity index (χ3n) is 4.81. The fourth-order valence-electron chi connectivity index (χ4n) is 3.22. The summed E-state index contributed by atoms with van der Waals surface area (Å²) >= 11 is 6.03. The van der Waals surface area contributed by atoms with E-state index in [1.807, 2.05) is 25.1 Å². The Morgan fingerprint density at radius 1 is 1.07 bits per heavy atom. The van der Waals surface area contributed by atoms with Crippen LogP contribution in [-0.4, -0.2) is 56.2 Å². The molecular formula is C22H27ClN4O3. The van der Waals surface area contributed by atoms with Crippen LogP contribution in [0.3, 0.4) is 0 Å². The van der Waals surface area contributed by atoms with Gasteiger partial charge in [-0.2, -0.15) is 0 Å². The number of hydrogen-bond donors (Lipinski definition) is 2. The van der Waals surface area contributed by atoms with Crippen molar-refractivity contribution >= 4 is 34.9 Å². The number of nitrogens with one attached hydrogen (secondary N) is 2. The minimum Gasteiger partial charge on any atom is -0.491 e. The first-order valence-corrected chi connectivity index (χ1v) is 10.5. The molecule has 3 rings (SSSR count). The van der Waals surface area contributed by atoms with Crippen molar-refractivity contribution in [1.29, 1.82) is 0 Å². The summed E-state index contributed by atoms with van der Waals surface area (Å²) in [5.74, 6) is 0.436. The van der Waals surface area contributed by atoms with Gasteiger partial charge in [-0.25, -0.2) is 4.79 Å². The van der Waals surface area contributed by atoms with E-state index in [2.05, 4.69) is 27.7 Å². The second kappa shape index (κ2) is 10.7. The molecule has 0 aliphatic carbocycles. The standard InChI is InChI=1S/C22H27ClN4O3/c1-2-14-30-20-9-8-17(23)15-19(20)25-22(29)24-16-21(28)27-12-10-26(11-13-27)18-6-4-3-5-7-18/h3-9,15H,2,10-14,16H2,1H3,(H2,24,25,29). The lowest BCUT2D eigenvalue weighted by atomic mass is 10.2. The van der Waals surface area contributed by atoms with Gasteiger partial charge in [-0.05, 0) is 36.8 Å². The number of rotatable bonds is 7. The van der Waals surface area contributed by atoms with E-state index >= 15 is 0 Å². The number of nitrogens with zero attached hydrogens (tertiary/aromatic N) is 2. The maximum atomic E-state index is 12.5. The summed E-state index contributed by atoms with van der Waals surface area (Å²) in [6, 6.07) is 14.7. The largest absolute Gasteiger partial charge is 0.491 e. The van der Waals surface area contributed by atoms with Gasteiger partial charge >= 0.3 is 6.03 Å². The molecule has 2 N–H and O–H groups in total. The van der Waals surface area contributed by atoms with Gasteiger partial charge in [-0.15, -0.1) is 0 Å². The first-order chi connectivity index (χ1) is 14.6. The molecule has 0 saturated carbocycles. The third-order valence-corrected chi connectivity index (χ3v) is 5.04. The number of para-hydroxylation sites is 1. The smallest absolute Gasteiger partial charge is 0.319 e. The normalized spacial score (nSPS) is 13.7. The van der Waals surface area contributed by atoms with Crippen molar-refractivity contribution in [2.75, 3.05) is 49.5 Å². The first kappa shape index (κ1) is 21.8. The summed E-state index contributed by atoms with van der Waals surface area (Å²) < 4.78 is 5.63. The number of ether oxygens (including phenoxy) is 1. The highest BCUT2D eigenvalue weighted by Gasteiger charge is 2.21. The number of benzene rings is 2. The van der Waals surface area contributed by atoms with Crippen LogP contribution < -0.4 is 20.3 Å². The van der Waals surface area contributed by atoms with Gasteiger partial charge in [0.05, 0.1) is 18.8 Å². The van der Waals surface area contributed by atoms with Crippen molar-refractivity contribution in [1.82, 2.24) is 10.2 Å². The van der Waals surface area contributed by atoms with Crippen LogP contribution in [0, 0.1) is 0 Å². The van der Waals surface area contributed by atoms with Crippen molar-refractivity contribution in [2.24, 2.45) is 0 Å². The fourth-order valence-corrected chi connectivity index (χ4v) is 3.40. The lowest BCUT2D eigenvalue weighted by molar-refractivity contribution is -0.130. The van der Waals surface area contributed by atoms with Crippen molar-refractivity contribution < 1.29 is 14.3 Å². The quantitative estimate of drug-likeness (QED) is 0.703. The second-order valence-corrected chi connectivity index (χ2v) is 7.44. The van der Waals surface area contributed by atoms with Gasteiger partial charge in [0.15, 0.2) is 0 Å². The van der Waals surface area contributed by atoms with E-state index < -0.39 is 6.03 Å². The molecule has 160 valence electrons. The molecule has 1 saturated heterocycles. The van der Waals surface area contributed by atoms with Gasteiger partial charge in [0.1, 0.15) is 5.75 Å². The molecule has 1 heterocycles. The first-order valence-electron chi connectivity index (χ1n) is 10.1. The predicted octanol–water partition coefficient (Wildman–Crippen LogP) is 3.60. The van der Waals surface area contributed by atoms with Gasteiger partial charge in [-0.3, -0.25) is 4.79 Å². The molecule has 8 heteroatoms. The molecule has 7 nitrogen and oxygen atoms in total. The number of piperazine rings is 1. The van der Waals surface area contributed by atoms with Gasteiger partial charge < -0.3 is 25.2 Å². The van der Waals surface area contributed by atoms with E-state index in [4.69, 9.17) is 16.3 Å². The lowest BCUT2D eigenvalue weighted by Crippen LogP contribution is -2.51. The number of carbonyl (C=O) groups is 2. The minimum atomic E-state index is -0.477. The number of halogens is 1. The number of hydrogen-bond acceptors (Lipinski definition) is 4. The molecule has 0 unspecified atom stereocenters. The zero-order chi connectivity index (χ0) is 21.3. The van der Waals surface area contributed by atoms with Gasteiger partial charge in [0.25, 0.3) is 0 Å². The summed E-state index contributed by atoms with van der Waals surface area (Å²) in [5.41, 5.74) is 1.63. The van der Waals surface area contributed by atoms with Crippen molar-refractivity contribution in [3.8, 4) is 5.75 Å². The molecule has 3 amide bonds. The summed E-state index contributed by atoms with van der Waals surface area (Å²) in [7, 11) is 0. The van der Waals surface area contributed by atoms with Crippen LogP contribution in [0.1, 0.15) is 13.3 Å². The minimum absolute atomic E-state index is 0.0666. The molecule has 0 atom stereocenters. The van der Waals surface area contributed by atoms with Gasteiger partial charge in [-0.1, -0.05) is 36.7 Å². The maximum Gasteiger partial charge on any atom is 0.319 e. The Morgan fingerprint density at radius 3 is 2.50 bits per heavy atom. The third kappa shape index (κ3) is 6.03. The van der Waals surface area contributed by atoms with Crippen LogP contribution in [0.25, 0.3) is 0 Å². The molecule has 2 aromatic rings. The highest BCUT2D eigenvalue weighted by molar-refractivity contribution is 6.31.